The molecule has 1 aromatic carbocycles. The lowest BCUT2D eigenvalue weighted by atomic mass is 10.0. The van der Waals surface area contributed by atoms with Crippen LogP contribution in [0.15, 0.2) is 36.5 Å². The standard InChI is InChI=1S/C14H14N2O/c17-14-6-4-12(16-14)9-10-3-5-13-11(8-10)2-1-7-15-13/h1-3,5,7-8,12H,4,6,9H2,(H,16,17). The van der Waals surface area contributed by atoms with Crippen LogP contribution in [0.3, 0.4) is 0 Å². The summed E-state index contributed by atoms with van der Waals surface area (Å²) in [6.07, 6.45) is 4.33. The van der Waals surface area contributed by atoms with Gasteiger partial charge in [0.25, 0.3) is 0 Å². The first kappa shape index (κ1) is 10.3. The maximum absolute atomic E-state index is 11.1. The number of carbonyl (C=O) groups is 1. The Morgan fingerprint density at radius 1 is 1.35 bits per heavy atom. The van der Waals surface area contributed by atoms with Gasteiger partial charge < -0.3 is 5.32 Å². The minimum Gasteiger partial charge on any atom is -0.353 e. The fraction of sp³-hybridized carbons (Fsp3) is 0.286. The summed E-state index contributed by atoms with van der Waals surface area (Å²) in [5, 5.41) is 4.16. The predicted molar refractivity (Wildman–Crippen MR) is 66.6 cm³/mol. The van der Waals surface area contributed by atoms with Crippen molar-refractivity contribution >= 4 is 16.8 Å². The highest BCUT2D eigenvalue weighted by atomic mass is 16.1. The van der Waals surface area contributed by atoms with E-state index in [-0.39, 0.29) is 5.91 Å². The summed E-state index contributed by atoms with van der Waals surface area (Å²) in [4.78, 5) is 15.4. The van der Waals surface area contributed by atoms with E-state index in [2.05, 4.69) is 28.5 Å². The minimum absolute atomic E-state index is 0.178. The molecule has 0 saturated carbocycles. The van der Waals surface area contributed by atoms with Crippen molar-refractivity contribution in [1.29, 1.82) is 0 Å². The lowest BCUT2D eigenvalue weighted by Gasteiger charge is -2.10. The first-order valence-electron chi connectivity index (χ1n) is 5.94. The molecule has 0 radical (unpaired) electrons. The molecule has 1 aromatic heterocycles. The Morgan fingerprint density at radius 2 is 2.29 bits per heavy atom. The number of aromatic nitrogens is 1. The third-order valence-electron chi connectivity index (χ3n) is 3.23. The van der Waals surface area contributed by atoms with Gasteiger partial charge in [0, 0.05) is 24.0 Å². The molecule has 1 aliphatic heterocycles. The lowest BCUT2D eigenvalue weighted by molar-refractivity contribution is -0.119. The maximum Gasteiger partial charge on any atom is 0.220 e. The summed E-state index contributed by atoms with van der Waals surface area (Å²) < 4.78 is 0. The van der Waals surface area contributed by atoms with Gasteiger partial charge in [-0.15, -0.1) is 0 Å². The van der Waals surface area contributed by atoms with Crippen LogP contribution >= 0.6 is 0 Å². The Bertz CT molecular complexity index is 565. The lowest BCUT2D eigenvalue weighted by Crippen LogP contribution is -2.27. The van der Waals surface area contributed by atoms with Crippen molar-refractivity contribution in [3.05, 3.63) is 42.1 Å². The van der Waals surface area contributed by atoms with Crippen LogP contribution in [0.1, 0.15) is 18.4 Å². The van der Waals surface area contributed by atoms with Gasteiger partial charge in [0.05, 0.1) is 5.52 Å². The van der Waals surface area contributed by atoms with Gasteiger partial charge in [0.1, 0.15) is 0 Å². The van der Waals surface area contributed by atoms with Gasteiger partial charge in [-0.1, -0.05) is 12.1 Å². The number of hydrogen-bond donors (Lipinski definition) is 1. The van der Waals surface area contributed by atoms with Gasteiger partial charge in [-0.3, -0.25) is 9.78 Å². The molecule has 2 aromatic rings. The van der Waals surface area contributed by atoms with E-state index in [1.807, 2.05) is 12.1 Å². The van der Waals surface area contributed by atoms with Crippen LogP contribution in [0.4, 0.5) is 0 Å². The Hall–Kier alpha value is -1.90. The smallest absolute Gasteiger partial charge is 0.220 e. The van der Waals surface area contributed by atoms with Gasteiger partial charge in [-0.25, -0.2) is 0 Å². The summed E-state index contributed by atoms with van der Waals surface area (Å²) in [6, 6.07) is 10.6. The van der Waals surface area contributed by atoms with Crippen LogP contribution < -0.4 is 5.32 Å². The van der Waals surface area contributed by atoms with Gasteiger partial charge in [-0.2, -0.15) is 0 Å². The highest BCUT2D eigenvalue weighted by Gasteiger charge is 2.20. The van der Waals surface area contributed by atoms with E-state index in [0.717, 1.165) is 23.7 Å². The topological polar surface area (TPSA) is 42.0 Å². The second-order valence-electron chi connectivity index (χ2n) is 4.54. The molecule has 3 rings (SSSR count). The van der Waals surface area contributed by atoms with Crippen LogP contribution in [-0.2, 0) is 11.2 Å². The zero-order valence-corrected chi connectivity index (χ0v) is 9.52. The molecule has 3 nitrogen and oxygen atoms in total. The van der Waals surface area contributed by atoms with Crippen molar-refractivity contribution in [2.24, 2.45) is 0 Å². The van der Waals surface area contributed by atoms with Crippen LogP contribution in [0.2, 0.25) is 0 Å². The first-order chi connectivity index (χ1) is 8.31. The molecule has 1 unspecified atom stereocenters. The molecule has 2 heterocycles. The van der Waals surface area contributed by atoms with Crippen molar-refractivity contribution in [1.82, 2.24) is 10.3 Å². The van der Waals surface area contributed by atoms with Crippen LogP contribution in [-0.4, -0.2) is 16.9 Å². The number of carbonyl (C=O) groups excluding carboxylic acids is 1. The van der Waals surface area contributed by atoms with Crippen molar-refractivity contribution < 1.29 is 4.79 Å². The molecule has 86 valence electrons. The third kappa shape index (κ3) is 2.13. The molecule has 1 atom stereocenters. The average molecular weight is 226 g/mol. The van der Waals surface area contributed by atoms with E-state index in [1.165, 1.54) is 5.56 Å². The van der Waals surface area contributed by atoms with E-state index < -0.39 is 0 Å². The SMILES string of the molecule is O=C1CCC(Cc2ccc3ncccc3c2)N1. The summed E-state index contributed by atoms with van der Waals surface area (Å²) in [7, 11) is 0. The van der Waals surface area contributed by atoms with Crippen molar-refractivity contribution in [3.8, 4) is 0 Å². The molecule has 3 heteroatoms. The molecule has 0 bridgehead atoms. The summed E-state index contributed by atoms with van der Waals surface area (Å²) in [5.41, 5.74) is 2.28. The summed E-state index contributed by atoms with van der Waals surface area (Å²) in [6.45, 7) is 0. The number of nitrogens with one attached hydrogen (secondary N) is 1. The largest absolute Gasteiger partial charge is 0.353 e. The molecule has 1 amide bonds. The van der Waals surface area contributed by atoms with E-state index in [1.54, 1.807) is 6.20 Å². The van der Waals surface area contributed by atoms with Crippen LogP contribution in [0.25, 0.3) is 10.9 Å². The maximum atomic E-state index is 11.1. The highest BCUT2D eigenvalue weighted by Crippen LogP contribution is 2.17. The monoisotopic (exact) mass is 226 g/mol. The summed E-state index contributed by atoms with van der Waals surface area (Å²) in [5.74, 6) is 0.178. The molecule has 0 aliphatic carbocycles. The quantitative estimate of drug-likeness (QED) is 0.851. The third-order valence-corrected chi connectivity index (χ3v) is 3.23. The van der Waals surface area contributed by atoms with Crippen molar-refractivity contribution in [2.75, 3.05) is 0 Å². The second-order valence-corrected chi connectivity index (χ2v) is 4.54. The van der Waals surface area contributed by atoms with Gasteiger partial charge >= 0.3 is 0 Å². The Balaban J connectivity index is 1.83. The fourth-order valence-corrected chi connectivity index (χ4v) is 2.37. The molecule has 1 fully saturated rings. The molecule has 0 spiro atoms. The Kier molecular flexibility index (Phi) is 2.52. The first-order valence-corrected chi connectivity index (χ1v) is 5.94. The molecule has 17 heavy (non-hydrogen) atoms. The zero-order chi connectivity index (χ0) is 11.7. The number of amides is 1. The van der Waals surface area contributed by atoms with Crippen LogP contribution in [0, 0.1) is 0 Å². The molecule has 1 aliphatic rings. The van der Waals surface area contributed by atoms with Crippen molar-refractivity contribution in [3.63, 3.8) is 0 Å². The Labute approximate surface area is 99.9 Å². The zero-order valence-electron chi connectivity index (χ0n) is 9.52. The molecular weight excluding hydrogens is 212 g/mol. The van der Waals surface area contributed by atoms with Gasteiger partial charge in [-0.05, 0) is 36.6 Å². The average Bonchev–Trinajstić information content (AvgIpc) is 2.75. The number of fused-ring (bicyclic) bond motifs is 1. The number of pyridine rings is 1. The number of benzene rings is 1. The van der Waals surface area contributed by atoms with E-state index in [0.29, 0.717) is 12.5 Å². The molecule has 1 N–H and O–H groups in total. The number of nitrogens with zero attached hydrogens (tertiary/aromatic N) is 1. The second kappa shape index (κ2) is 4.17. The Morgan fingerprint density at radius 3 is 3.12 bits per heavy atom. The predicted octanol–water partition coefficient (Wildman–Crippen LogP) is 2.06. The molecule has 1 saturated heterocycles. The number of rotatable bonds is 2. The van der Waals surface area contributed by atoms with Gasteiger partial charge in [0.15, 0.2) is 0 Å². The molecular formula is C14H14N2O. The van der Waals surface area contributed by atoms with E-state index >= 15 is 0 Å². The highest BCUT2D eigenvalue weighted by molar-refractivity contribution is 5.79. The number of hydrogen-bond acceptors (Lipinski definition) is 2. The normalized spacial score (nSPS) is 19.5. The van der Waals surface area contributed by atoms with Crippen molar-refractivity contribution in [2.45, 2.75) is 25.3 Å². The summed E-state index contributed by atoms with van der Waals surface area (Å²) >= 11 is 0. The van der Waals surface area contributed by atoms with E-state index in [9.17, 15) is 4.79 Å². The van der Waals surface area contributed by atoms with Gasteiger partial charge in [0.2, 0.25) is 5.91 Å². The fourth-order valence-electron chi connectivity index (χ4n) is 2.37. The van der Waals surface area contributed by atoms with E-state index in [4.69, 9.17) is 0 Å². The van der Waals surface area contributed by atoms with Crippen LogP contribution in [0.5, 0.6) is 0 Å². The minimum atomic E-state index is 0.178.